The van der Waals surface area contributed by atoms with Crippen LogP contribution in [0.4, 0.5) is 17.1 Å². The first-order valence-electron chi connectivity index (χ1n) is 17.8. The second-order valence-electron chi connectivity index (χ2n) is 14.2. The Morgan fingerprint density at radius 2 is 1.06 bits per heavy atom. The lowest BCUT2D eigenvalue weighted by Gasteiger charge is -2.28. The predicted molar refractivity (Wildman–Crippen MR) is 216 cm³/mol. The summed E-state index contributed by atoms with van der Waals surface area (Å²) in [6.07, 6.45) is 0. The molecule has 51 heavy (non-hydrogen) atoms. The highest BCUT2D eigenvalue weighted by Gasteiger charge is 2.35. The van der Waals surface area contributed by atoms with Crippen LogP contribution in [0.5, 0.6) is 0 Å². The van der Waals surface area contributed by atoms with Gasteiger partial charge in [-0.3, -0.25) is 0 Å². The minimum Gasteiger partial charge on any atom is -0.310 e. The van der Waals surface area contributed by atoms with Crippen molar-refractivity contribution in [3.05, 3.63) is 193 Å². The van der Waals surface area contributed by atoms with Crippen LogP contribution in [0.25, 0.3) is 60.5 Å². The van der Waals surface area contributed by atoms with Crippen molar-refractivity contribution in [1.82, 2.24) is 4.57 Å². The molecule has 0 radical (unpaired) electrons. The van der Waals surface area contributed by atoms with Crippen LogP contribution in [-0.2, 0) is 5.41 Å². The Hall–Kier alpha value is -6.38. The largest absolute Gasteiger partial charge is 0.310 e. The van der Waals surface area contributed by atoms with Gasteiger partial charge in [-0.05, 0) is 93.4 Å². The molecule has 242 valence electrons. The van der Waals surface area contributed by atoms with Gasteiger partial charge in [-0.1, -0.05) is 141 Å². The van der Waals surface area contributed by atoms with Gasteiger partial charge in [0.1, 0.15) is 0 Å². The fraction of sp³-hybridized carbons (Fsp3) is 0.0612. The molecule has 2 heteroatoms. The maximum Gasteiger partial charge on any atom is 0.0542 e. The van der Waals surface area contributed by atoms with E-state index in [1.54, 1.807) is 0 Å². The van der Waals surface area contributed by atoms with Gasteiger partial charge in [0.05, 0.1) is 16.7 Å². The highest BCUT2D eigenvalue weighted by atomic mass is 15.1. The predicted octanol–water partition coefficient (Wildman–Crippen LogP) is 13.4. The molecule has 0 saturated carbocycles. The molecule has 0 bridgehead atoms. The van der Waals surface area contributed by atoms with Gasteiger partial charge in [0, 0.05) is 38.6 Å². The Balaban J connectivity index is 1.18. The Bertz CT molecular complexity index is 2760. The number of anilines is 3. The summed E-state index contributed by atoms with van der Waals surface area (Å²) in [4.78, 5) is 2.46. The molecule has 0 amide bonds. The van der Waals surface area contributed by atoms with Gasteiger partial charge >= 0.3 is 0 Å². The minimum atomic E-state index is -0.0469. The van der Waals surface area contributed by atoms with Crippen LogP contribution in [0.3, 0.4) is 0 Å². The Kier molecular flexibility index (Phi) is 6.56. The first kappa shape index (κ1) is 29.5. The van der Waals surface area contributed by atoms with E-state index < -0.39 is 0 Å². The molecule has 1 aliphatic carbocycles. The van der Waals surface area contributed by atoms with Gasteiger partial charge < -0.3 is 9.47 Å². The fourth-order valence-corrected chi connectivity index (χ4v) is 8.49. The van der Waals surface area contributed by atoms with Crippen molar-refractivity contribution in [3.8, 4) is 27.9 Å². The molecule has 0 N–H and O–H groups in total. The first-order chi connectivity index (χ1) is 25.1. The second-order valence-corrected chi connectivity index (χ2v) is 14.2. The maximum absolute atomic E-state index is 2.46. The van der Waals surface area contributed by atoms with Crippen LogP contribution in [0.2, 0.25) is 0 Å². The molecular weight excluding hydrogens is 617 g/mol. The lowest BCUT2D eigenvalue weighted by molar-refractivity contribution is 0.660. The number of nitrogens with zero attached hydrogens (tertiary/aromatic N) is 2. The van der Waals surface area contributed by atoms with E-state index in [0.29, 0.717) is 0 Å². The Labute approximate surface area is 298 Å². The standard InChI is InChI=1S/C49H36N2/c1-49(2)44-20-10-8-18-40(44)42-31-37(27-29-45(42)49)50(46-22-12-16-35-15-6-7-17-39(35)46)38-28-30-48-43(32-38)41-19-9-11-21-47(41)51(48)36-25-23-34(24-26-36)33-13-4-3-5-14-33/h3-32H,1-2H3. The summed E-state index contributed by atoms with van der Waals surface area (Å²) in [5.74, 6) is 0. The van der Waals surface area contributed by atoms with Crippen molar-refractivity contribution >= 4 is 49.6 Å². The molecule has 9 aromatic rings. The summed E-state index contributed by atoms with van der Waals surface area (Å²) in [6.45, 7) is 4.69. The zero-order chi connectivity index (χ0) is 34.1. The highest BCUT2D eigenvalue weighted by Crippen LogP contribution is 2.51. The zero-order valence-corrected chi connectivity index (χ0v) is 28.7. The first-order valence-corrected chi connectivity index (χ1v) is 17.8. The van der Waals surface area contributed by atoms with Crippen molar-refractivity contribution < 1.29 is 0 Å². The molecule has 0 fully saturated rings. The minimum absolute atomic E-state index is 0.0469. The average molecular weight is 653 g/mol. The van der Waals surface area contributed by atoms with Gasteiger partial charge in [0.15, 0.2) is 0 Å². The number of hydrogen-bond acceptors (Lipinski definition) is 1. The monoisotopic (exact) mass is 652 g/mol. The number of fused-ring (bicyclic) bond motifs is 7. The molecule has 8 aromatic carbocycles. The number of benzene rings is 8. The molecule has 0 spiro atoms. The third-order valence-corrected chi connectivity index (χ3v) is 11.0. The van der Waals surface area contributed by atoms with Crippen molar-refractivity contribution in [2.24, 2.45) is 0 Å². The van der Waals surface area contributed by atoms with E-state index in [1.807, 2.05) is 0 Å². The molecule has 10 rings (SSSR count). The Morgan fingerprint density at radius 3 is 1.92 bits per heavy atom. The van der Waals surface area contributed by atoms with Crippen LogP contribution in [0.1, 0.15) is 25.0 Å². The van der Waals surface area contributed by atoms with Gasteiger partial charge in [-0.2, -0.15) is 0 Å². The lowest BCUT2D eigenvalue weighted by atomic mass is 9.82. The summed E-state index contributed by atoms with van der Waals surface area (Å²) in [7, 11) is 0. The van der Waals surface area contributed by atoms with Gasteiger partial charge in [-0.15, -0.1) is 0 Å². The SMILES string of the molecule is CC1(C)c2ccccc2-c2cc(N(c3ccc4c(c3)c3ccccc3n4-c3ccc(-c4ccccc4)cc3)c3cccc4ccccc34)ccc21. The molecule has 0 saturated heterocycles. The zero-order valence-electron chi connectivity index (χ0n) is 28.7. The molecule has 0 aliphatic heterocycles. The van der Waals surface area contributed by atoms with E-state index in [1.165, 1.54) is 66.0 Å². The second kappa shape index (κ2) is 11.3. The van der Waals surface area contributed by atoms with Crippen molar-refractivity contribution in [1.29, 1.82) is 0 Å². The number of para-hydroxylation sites is 1. The van der Waals surface area contributed by atoms with E-state index >= 15 is 0 Å². The van der Waals surface area contributed by atoms with Crippen molar-refractivity contribution in [2.45, 2.75) is 19.3 Å². The highest BCUT2D eigenvalue weighted by molar-refractivity contribution is 6.11. The van der Waals surface area contributed by atoms with Crippen molar-refractivity contribution in [2.75, 3.05) is 4.90 Å². The number of rotatable bonds is 5. The molecule has 1 heterocycles. The maximum atomic E-state index is 2.46. The molecular formula is C49H36N2. The summed E-state index contributed by atoms with van der Waals surface area (Å²) in [6, 6.07) is 66.7. The van der Waals surface area contributed by atoms with Gasteiger partial charge in [0.2, 0.25) is 0 Å². The normalized spacial score (nSPS) is 13.1. The third-order valence-electron chi connectivity index (χ3n) is 11.0. The topological polar surface area (TPSA) is 8.17 Å². The van der Waals surface area contributed by atoms with E-state index in [9.17, 15) is 0 Å². The van der Waals surface area contributed by atoms with E-state index in [0.717, 1.165) is 22.7 Å². The van der Waals surface area contributed by atoms with Gasteiger partial charge in [0.25, 0.3) is 0 Å². The molecule has 0 unspecified atom stereocenters. The number of hydrogen-bond donors (Lipinski definition) is 0. The molecule has 2 nitrogen and oxygen atoms in total. The van der Waals surface area contributed by atoms with E-state index in [4.69, 9.17) is 0 Å². The summed E-state index contributed by atoms with van der Waals surface area (Å²) in [5.41, 5.74) is 14.8. The van der Waals surface area contributed by atoms with Crippen LogP contribution >= 0.6 is 0 Å². The van der Waals surface area contributed by atoms with E-state index in [-0.39, 0.29) is 5.41 Å². The number of aromatic nitrogens is 1. The van der Waals surface area contributed by atoms with Crippen LogP contribution in [-0.4, -0.2) is 4.57 Å². The fourth-order valence-electron chi connectivity index (χ4n) is 8.49. The Morgan fingerprint density at radius 1 is 0.431 bits per heavy atom. The van der Waals surface area contributed by atoms with Crippen LogP contribution in [0.15, 0.2) is 182 Å². The molecule has 0 atom stereocenters. The third kappa shape index (κ3) is 4.57. The quantitative estimate of drug-likeness (QED) is 0.180. The van der Waals surface area contributed by atoms with Gasteiger partial charge in [-0.25, -0.2) is 0 Å². The average Bonchev–Trinajstić information content (AvgIpc) is 3.63. The summed E-state index contributed by atoms with van der Waals surface area (Å²) in [5, 5.41) is 4.92. The van der Waals surface area contributed by atoms with Crippen LogP contribution < -0.4 is 4.90 Å². The van der Waals surface area contributed by atoms with E-state index in [2.05, 4.69) is 205 Å². The summed E-state index contributed by atoms with van der Waals surface area (Å²) < 4.78 is 2.40. The molecule has 1 aromatic heterocycles. The van der Waals surface area contributed by atoms with Crippen molar-refractivity contribution in [3.63, 3.8) is 0 Å². The molecule has 1 aliphatic rings. The summed E-state index contributed by atoms with van der Waals surface area (Å²) >= 11 is 0. The van der Waals surface area contributed by atoms with Crippen LogP contribution in [0, 0.1) is 0 Å². The smallest absolute Gasteiger partial charge is 0.0542 e. The lowest BCUT2D eigenvalue weighted by Crippen LogP contribution is -2.15.